The van der Waals surface area contributed by atoms with Crippen molar-refractivity contribution in [2.75, 3.05) is 14.2 Å². The lowest BCUT2D eigenvalue weighted by molar-refractivity contribution is -0.0204. The van der Waals surface area contributed by atoms with E-state index in [-0.39, 0.29) is 6.04 Å². The fourth-order valence-electron chi connectivity index (χ4n) is 4.11. The molecular weight excluding hydrogens is 400 g/mol. The van der Waals surface area contributed by atoms with Crippen molar-refractivity contribution in [3.05, 3.63) is 88.4 Å². The molecule has 0 N–H and O–H groups in total. The summed E-state index contributed by atoms with van der Waals surface area (Å²) in [6, 6.07) is 21.7. The minimum atomic E-state index is -0.438. The van der Waals surface area contributed by atoms with E-state index in [1.54, 1.807) is 14.2 Å². The zero-order chi connectivity index (χ0) is 20.7. The number of methoxy groups -OCH3 is 2. The van der Waals surface area contributed by atoms with Crippen molar-refractivity contribution in [1.82, 2.24) is 5.01 Å². The third kappa shape index (κ3) is 3.15. The third-order valence-corrected chi connectivity index (χ3v) is 5.79. The number of hydrazone groups is 1. The Kier molecular flexibility index (Phi) is 4.75. The van der Waals surface area contributed by atoms with Gasteiger partial charge in [-0.3, -0.25) is 0 Å². The van der Waals surface area contributed by atoms with Crippen LogP contribution in [-0.4, -0.2) is 24.9 Å². The molecular formula is C24H21ClN2O3. The van der Waals surface area contributed by atoms with Crippen LogP contribution < -0.4 is 14.2 Å². The van der Waals surface area contributed by atoms with Crippen molar-refractivity contribution in [1.29, 1.82) is 0 Å². The topological polar surface area (TPSA) is 43.3 Å². The second kappa shape index (κ2) is 7.58. The number of hydrogen-bond donors (Lipinski definition) is 0. The molecule has 30 heavy (non-hydrogen) atoms. The zero-order valence-electron chi connectivity index (χ0n) is 16.7. The smallest absolute Gasteiger partial charge is 0.217 e. The summed E-state index contributed by atoms with van der Waals surface area (Å²) in [5.41, 5.74) is 3.99. The van der Waals surface area contributed by atoms with Gasteiger partial charge in [0.1, 0.15) is 17.2 Å². The first kappa shape index (κ1) is 18.8. The Balaban J connectivity index is 1.63. The summed E-state index contributed by atoms with van der Waals surface area (Å²) >= 11 is 6.23. The third-order valence-electron chi connectivity index (χ3n) is 5.56. The maximum absolute atomic E-state index is 6.44. The molecule has 5 rings (SSSR count). The van der Waals surface area contributed by atoms with Crippen molar-refractivity contribution in [2.45, 2.75) is 18.7 Å². The highest BCUT2D eigenvalue weighted by molar-refractivity contribution is 6.31. The van der Waals surface area contributed by atoms with Crippen LogP contribution in [-0.2, 0) is 0 Å². The molecule has 0 radical (unpaired) electrons. The number of halogens is 1. The molecule has 0 unspecified atom stereocenters. The standard InChI is InChI=1S/C24H21ClN2O3/c1-28-17-10-11-22(29-2)19(13-17)24-27-21(18-8-3-4-9-23(18)30-24)14-20(26-27)15-6-5-7-16(25)12-15/h3-13,21,24H,14H2,1-2H3/t21-,24-/m1/s1. The predicted octanol–water partition coefficient (Wildman–Crippen LogP) is 5.60. The van der Waals surface area contributed by atoms with Crippen molar-refractivity contribution in [3.8, 4) is 17.2 Å². The van der Waals surface area contributed by atoms with Gasteiger partial charge in [-0.05, 0) is 42.0 Å². The molecule has 0 amide bonds. The molecule has 6 heteroatoms. The summed E-state index contributed by atoms with van der Waals surface area (Å²) < 4.78 is 17.5. The van der Waals surface area contributed by atoms with Crippen molar-refractivity contribution < 1.29 is 14.2 Å². The average molecular weight is 421 g/mol. The second-order valence-corrected chi connectivity index (χ2v) is 7.71. The normalized spacial score (nSPS) is 19.4. The molecule has 2 atom stereocenters. The molecule has 2 heterocycles. The Morgan fingerprint density at radius 2 is 1.83 bits per heavy atom. The van der Waals surface area contributed by atoms with Gasteiger partial charge in [0.25, 0.3) is 0 Å². The molecule has 2 aliphatic rings. The van der Waals surface area contributed by atoms with Crippen molar-refractivity contribution in [2.24, 2.45) is 5.10 Å². The van der Waals surface area contributed by atoms with Gasteiger partial charge < -0.3 is 14.2 Å². The molecule has 0 fully saturated rings. The predicted molar refractivity (Wildman–Crippen MR) is 117 cm³/mol. The molecule has 0 saturated heterocycles. The summed E-state index contributed by atoms with van der Waals surface area (Å²) in [5, 5.41) is 7.70. The van der Waals surface area contributed by atoms with Crippen LogP contribution in [0.2, 0.25) is 5.02 Å². The van der Waals surface area contributed by atoms with Crippen LogP contribution in [0, 0.1) is 0 Å². The van der Waals surface area contributed by atoms with Gasteiger partial charge in [-0.25, -0.2) is 5.01 Å². The number of fused-ring (bicyclic) bond motifs is 3. The highest BCUT2D eigenvalue weighted by Gasteiger charge is 2.42. The molecule has 0 saturated carbocycles. The van der Waals surface area contributed by atoms with E-state index in [9.17, 15) is 0 Å². The number of ether oxygens (including phenoxy) is 3. The first-order chi connectivity index (χ1) is 14.7. The van der Waals surface area contributed by atoms with Crippen LogP contribution in [0.25, 0.3) is 0 Å². The van der Waals surface area contributed by atoms with Crippen LogP contribution >= 0.6 is 11.6 Å². The SMILES string of the molecule is COc1ccc(OC)c([C@H]2Oc3ccccc3[C@H]3CC(c4cccc(Cl)c4)=NN32)c1. The van der Waals surface area contributed by atoms with Crippen LogP contribution in [0.15, 0.2) is 71.8 Å². The quantitative estimate of drug-likeness (QED) is 0.551. The maximum atomic E-state index is 6.44. The van der Waals surface area contributed by atoms with Gasteiger partial charge in [-0.15, -0.1) is 0 Å². The van der Waals surface area contributed by atoms with Gasteiger partial charge in [0.15, 0.2) is 0 Å². The second-order valence-electron chi connectivity index (χ2n) is 7.27. The van der Waals surface area contributed by atoms with E-state index >= 15 is 0 Å². The minimum absolute atomic E-state index is 0.0600. The molecule has 152 valence electrons. The Labute approximate surface area is 180 Å². The first-order valence-corrected chi connectivity index (χ1v) is 10.1. The van der Waals surface area contributed by atoms with E-state index in [2.05, 4.69) is 6.07 Å². The Morgan fingerprint density at radius 3 is 2.63 bits per heavy atom. The van der Waals surface area contributed by atoms with E-state index in [4.69, 9.17) is 30.9 Å². The molecule has 0 aromatic heterocycles. The monoisotopic (exact) mass is 420 g/mol. The lowest BCUT2D eigenvalue weighted by Gasteiger charge is -2.38. The lowest BCUT2D eigenvalue weighted by Crippen LogP contribution is -2.33. The highest BCUT2D eigenvalue weighted by atomic mass is 35.5. The Morgan fingerprint density at radius 1 is 0.967 bits per heavy atom. The molecule has 3 aromatic rings. The first-order valence-electron chi connectivity index (χ1n) is 9.77. The van der Waals surface area contributed by atoms with Crippen molar-refractivity contribution >= 4 is 17.3 Å². The summed E-state index contributed by atoms with van der Waals surface area (Å²) in [5.74, 6) is 2.32. The Bertz CT molecular complexity index is 1130. The molecule has 0 aliphatic carbocycles. The number of hydrogen-bond acceptors (Lipinski definition) is 5. The Hall–Kier alpha value is -3.18. The lowest BCUT2D eigenvalue weighted by atomic mass is 9.96. The van der Waals surface area contributed by atoms with Gasteiger partial charge in [-0.2, -0.15) is 5.10 Å². The van der Waals surface area contributed by atoms with Crippen LogP contribution in [0.5, 0.6) is 17.2 Å². The van der Waals surface area contributed by atoms with Crippen LogP contribution in [0.4, 0.5) is 0 Å². The largest absolute Gasteiger partial charge is 0.497 e. The molecule has 5 nitrogen and oxygen atoms in total. The van der Waals surface area contributed by atoms with Crippen LogP contribution in [0.1, 0.15) is 35.4 Å². The van der Waals surface area contributed by atoms with Gasteiger partial charge in [-0.1, -0.05) is 41.9 Å². The van der Waals surface area contributed by atoms with Gasteiger partial charge in [0, 0.05) is 17.0 Å². The summed E-state index contributed by atoms with van der Waals surface area (Å²) in [6.45, 7) is 0. The fourth-order valence-corrected chi connectivity index (χ4v) is 4.30. The molecule has 3 aromatic carbocycles. The van der Waals surface area contributed by atoms with E-state index in [1.165, 1.54) is 0 Å². The number of para-hydroxylation sites is 1. The number of benzene rings is 3. The number of rotatable bonds is 4. The van der Waals surface area contributed by atoms with Crippen LogP contribution in [0.3, 0.4) is 0 Å². The maximum Gasteiger partial charge on any atom is 0.217 e. The van der Waals surface area contributed by atoms with E-state index in [1.807, 2.05) is 65.7 Å². The highest BCUT2D eigenvalue weighted by Crippen LogP contribution is 2.49. The van der Waals surface area contributed by atoms with Gasteiger partial charge in [0.2, 0.25) is 6.23 Å². The van der Waals surface area contributed by atoms with E-state index in [0.29, 0.717) is 5.02 Å². The molecule has 0 bridgehead atoms. The summed E-state index contributed by atoms with van der Waals surface area (Å²) in [4.78, 5) is 0. The molecule has 2 aliphatic heterocycles. The number of nitrogens with zero attached hydrogens (tertiary/aromatic N) is 2. The average Bonchev–Trinajstić information content (AvgIpc) is 3.24. The zero-order valence-corrected chi connectivity index (χ0v) is 17.5. The van der Waals surface area contributed by atoms with Gasteiger partial charge >= 0.3 is 0 Å². The van der Waals surface area contributed by atoms with E-state index < -0.39 is 6.23 Å². The summed E-state index contributed by atoms with van der Waals surface area (Å²) in [6.07, 6.45) is 0.329. The van der Waals surface area contributed by atoms with Gasteiger partial charge in [0.05, 0.1) is 31.5 Å². The van der Waals surface area contributed by atoms with E-state index in [0.717, 1.165) is 46.1 Å². The minimum Gasteiger partial charge on any atom is -0.497 e. The van der Waals surface area contributed by atoms with Crippen molar-refractivity contribution in [3.63, 3.8) is 0 Å². The molecule has 0 spiro atoms. The fraction of sp³-hybridized carbons (Fsp3) is 0.208. The summed E-state index contributed by atoms with van der Waals surface area (Å²) in [7, 11) is 3.31.